The first-order valence-electron chi connectivity index (χ1n) is 3.76. The van der Waals surface area contributed by atoms with Crippen LogP contribution < -0.4 is 0 Å². The van der Waals surface area contributed by atoms with Crippen LogP contribution in [0.15, 0.2) is 22.8 Å². The third-order valence-corrected chi connectivity index (χ3v) is 3.21. The summed E-state index contributed by atoms with van der Waals surface area (Å²) in [5.74, 6) is 0. The smallest absolute Gasteiger partial charge is 0.110 e. The Hall–Kier alpha value is -0.230. The predicted molar refractivity (Wildman–Crippen MR) is 64.7 cm³/mol. The number of hydrogen-bond acceptors (Lipinski definition) is 2. The van der Waals surface area contributed by atoms with Crippen LogP contribution >= 0.6 is 38.5 Å². The van der Waals surface area contributed by atoms with E-state index in [0.717, 1.165) is 24.8 Å². The highest BCUT2D eigenvalue weighted by Crippen LogP contribution is 2.24. The number of rotatable bonds is 0. The van der Waals surface area contributed by atoms with Crippen LogP contribution in [0.4, 0.5) is 0 Å². The van der Waals surface area contributed by atoms with Gasteiger partial charge in [0.05, 0.1) is 9.99 Å². The van der Waals surface area contributed by atoms with E-state index in [1.807, 2.05) is 13.0 Å². The van der Waals surface area contributed by atoms with Crippen LogP contribution in [-0.4, -0.2) is 9.97 Å². The molecule has 13 heavy (non-hydrogen) atoms. The molecule has 0 aromatic carbocycles. The predicted octanol–water partition coefficient (Wildman–Crippen LogP) is 3.31. The van der Waals surface area contributed by atoms with Crippen molar-refractivity contribution < 1.29 is 0 Å². The maximum Gasteiger partial charge on any atom is 0.110 e. The van der Waals surface area contributed by atoms with E-state index in [0.29, 0.717) is 0 Å². The molecule has 0 aliphatic heterocycles. The van der Waals surface area contributed by atoms with Gasteiger partial charge in [0.15, 0.2) is 0 Å². The van der Waals surface area contributed by atoms with E-state index in [-0.39, 0.29) is 0 Å². The van der Waals surface area contributed by atoms with Crippen LogP contribution in [0, 0.1) is 10.6 Å². The highest BCUT2D eigenvalue weighted by molar-refractivity contribution is 14.1. The maximum absolute atomic E-state index is 4.44. The summed E-state index contributed by atoms with van der Waals surface area (Å²) in [5.41, 5.74) is 2.01. The van der Waals surface area contributed by atoms with Crippen LogP contribution in [-0.2, 0) is 0 Å². The summed E-state index contributed by atoms with van der Waals surface area (Å²) in [4.78, 5) is 8.68. The summed E-state index contributed by atoms with van der Waals surface area (Å²) in [7, 11) is 0. The van der Waals surface area contributed by atoms with E-state index in [2.05, 4.69) is 54.6 Å². The number of pyridine rings is 2. The standard InChI is InChI=1S/C9H6BrIN2/c1-5-2-3-6-8(13-5)7(10)4-12-9(6)11/h2-4H,1H3. The Labute approximate surface area is 98.0 Å². The van der Waals surface area contributed by atoms with E-state index in [1.165, 1.54) is 0 Å². The summed E-state index contributed by atoms with van der Waals surface area (Å²) >= 11 is 5.65. The molecular weight excluding hydrogens is 343 g/mol. The lowest BCUT2D eigenvalue weighted by molar-refractivity contribution is 1.22. The molecule has 2 aromatic heterocycles. The van der Waals surface area contributed by atoms with Gasteiger partial charge in [0.25, 0.3) is 0 Å². The van der Waals surface area contributed by atoms with Crippen molar-refractivity contribution in [2.45, 2.75) is 6.92 Å². The average Bonchev–Trinajstić information content (AvgIpc) is 2.12. The van der Waals surface area contributed by atoms with E-state index in [1.54, 1.807) is 6.20 Å². The van der Waals surface area contributed by atoms with Crippen LogP contribution in [0.25, 0.3) is 10.9 Å². The number of halogens is 2. The Morgan fingerprint density at radius 1 is 1.38 bits per heavy atom. The van der Waals surface area contributed by atoms with Gasteiger partial charge < -0.3 is 0 Å². The fourth-order valence-corrected chi connectivity index (χ4v) is 2.13. The van der Waals surface area contributed by atoms with Gasteiger partial charge in [0, 0.05) is 17.3 Å². The first-order valence-corrected chi connectivity index (χ1v) is 5.63. The lowest BCUT2D eigenvalue weighted by Crippen LogP contribution is -1.89. The molecule has 0 spiro atoms. The third-order valence-electron chi connectivity index (χ3n) is 1.77. The van der Waals surface area contributed by atoms with Gasteiger partial charge in [0.1, 0.15) is 3.70 Å². The Morgan fingerprint density at radius 2 is 2.15 bits per heavy atom. The molecule has 0 aliphatic rings. The minimum Gasteiger partial charge on any atom is -0.252 e. The second kappa shape index (κ2) is 3.49. The molecular formula is C9H6BrIN2. The summed E-state index contributed by atoms with van der Waals surface area (Å²) in [6.07, 6.45) is 1.79. The average molecular weight is 349 g/mol. The molecule has 0 unspecified atom stereocenters. The summed E-state index contributed by atoms with van der Waals surface area (Å²) < 4.78 is 1.94. The first-order chi connectivity index (χ1) is 6.18. The second-order valence-corrected chi connectivity index (χ2v) is 4.62. The molecule has 2 rings (SSSR count). The number of nitrogens with zero attached hydrogens (tertiary/aromatic N) is 2. The molecule has 0 bridgehead atoms. The molecule has 2 aromatic rings. The van der Waals surface area contributed by atoms with Gasteiger partial charge in [-0.15, -0.1) is 0 Å². The highest BCUT2D eigenvalue weighted by Gasteiger charge is 2.04. The minimum absolute atomic E-state index is 0.951. The number of hydrogen-bond donors (Lipinski definition) is 0. The Morgan fingerprint density at radius 3 is 2.92 bits per heavy atom. The molecule has 4 heteroatoms. The largest absolute Gasteiger partial charge is 0.252 e. The van der Waals surface area contributed by atoms with Crippen molar-refractivity contribution in [2.75, 3.05) is 0 Å². The Balaban J connectivity index is 2.92. The topological polar surface area (TPSA) is 25.8 Å². The number of aryl methyl sites for hydroxylation is 1. The van der Waals surface area contributed by atoms with Crippen molar-refractivity contribution >= 4 is 49.4 Å². The SMILES string of the molecule is Cc1ccc2c(I)ncc(Br)c2n1. The monoisotopic (exact) mass is 348 g/mol. The van der Waals surface area contributed by atoms with Gasteiger partial charge >= 0.3 is 0 Å². The zero-order chi connectivity index (χ0) is 9.42. The van der Waals surface area contributed by atoms with Crippen LogP contribution in [0.2, 0.25) is 0 Å². The van der Waals surface area contributed by atoms with Crippen LogP contribution in [0.1, 0.15) is 5.69 Å². The molecule has 2 nitrogen and oxygen atoms in total. The molecule has 2 heterocycles. The van der Waals surface area contributed by atoms with Crippen LogP contribution in [0.3, 0.4) is 0 Å². The molecule has 0 saturated heterocycles. The molecule has 0 aliphatic carbocycles. The van der Waals surface area contributed by atoms with Gasteiger partial charge in [-0.2, -0.15) is 0 Å². The fourth-order valence-electron chi connectivity index (χ4n) is 1.15. The van der Waals surface area contributed by atoms with Crippen molar-refractivity contribution in [2.24, 2.45) is 0 Å². The number of fused-ring (bicyclic) bond motifs is 1. The van der Waals surface area contributed by atoms with Gasteiger partial charge in [-0.1, -0.05) is 0 Å². The molecule has 0 atom stereocenters. The van der Waals surface area contributed by atoms with E-state index in [4.69, 9.17) is 0 Å². The van der Waals surface area contributed by atoms with Crippen molar-refractivity contribution in [3.8, 4) is 0 Å². The quantitative estimate of drug-likeness (QED) is 0.539. The highest BCUT2D eigenvalue weighted by atomic mass is 127. The molecule has 0 radical (unpaired) electrons. The van der Waals surface area contributed by atoms with Gasteiger partial charge in [-0.3, -0.25) is 4.98 Å². The maximum atomic E-state index is 4.44. The normalized spacial score (nSPS) is 10.7. The molecule has 0 fully saturated rings. The van der Waals surface area contributed by atoms with E-state index >= 15 is 0 Å². The van der Waals surface area contributed by atoms with E-state index in [9.17, 15) is 0 Å². The molecule has 66 valence electrons. The molecule has 0 saturated carbocycles. The molecule has 0 N–H and O–H groups in total. The fraction of sp³-hybridized carbons (Fsp3) is 0.111. The summed E-state index contributed by atoms with van der Waals surface area (Å²) in [5, 5.41) is 1.10. The molecule has 0 amide bonds. The van der Waals surface area contributed by atoms with Gasteiger partial charge in [0.2, 0.25) is 0 Å². The zero-order valence-corrected chi connectivity index (χ0v) is 10.6. The summed E-state index contributed by atoms with van der Waals surface area (Å²) in [6, 6.07) is 4.05. The van der Waals surface area contributed by atoms with Crippen molar-refractivity contribution in [1.29, 1.82) is 0 Å². The van der Waals surface area contributed by atoms with Crippen molar-refractivity contribution in [3.05, 3.63) is 32.2 Å². The van der Waals surface area contributed by atoms with Gasteiger partial charge in [-0.25, -0.2) is 4.98 Å². The minimum atomic E-state index is 0.951. The van der Waals surface area contributed by atoms with Gasteiger partial charge in [-0.05, 0) is 57.6 Å². The third kappa shape index (κ3) is 1.69. The van der Waals surface area contributed by atoms with Crippen molar-refractivity contribution in [3.63, 3.8) is 0 Å². The lowest BCUT2D eigenvalue weighted by atomic mass is 10.2. The summed E-state index contributed by atoms with van der Waals surface area (Å²) in [6.45, 7) is 1.99. The van der Waals surface area contributed by atoms with Crippen molar-refractivity contribution in [1.82, 2.24) is 9.97 Å². The lowest BCUT2D eigenvalue weighted by Gasteiger charge is -2.02. The Kier molecular flexibility index (Phi) is 2.51. The first kappa shape index (κ1) is 9.33. The Bertz CT molecular complexity index is 470. The zero-order valence-electron chi connectivity index (χ0n) is 6.88. The van der Waals surface area contributed by atoms with E-state index < -0.39 is 0 Å². The number of aromatic nitrogens is 2. The second-order valence-electron chi connectivity index (χ2n) is 2.75. The van der Waals surface area contributed by atoms with Crippen LogP contribution in [0.5, 0.6) is 0 Å².